The van der Waals surface area contributed by atoms with E-state index in [9.17, 15) is 0 Å². The fourth-order valence-electron chi connectivity index (χ4n) is 4.04. The normalized spacial score (nSPS) is 32.4. The number of rotatable bonds is 2. The maximum absolute atomic E-state index is 4.60. The lowest BCUT2D eigenvalue weighted by atomic mass is 9.82. The van der Waals surface area contributed by atoms with Crippen molar-refractivity contribution in [1.29, 1.82) is 0 Å². The lowest BCUT2D eigenvalue weighted by Crippen LogP contribution is -2.52. The van der Waals surface area contributed by atoms with Gasteiger partial charge in [-0.3, -0.25) is 9.89 Å². The predicted octanol–water partition coefficient (Wildman–Crippen LogP) is 3.30. The summed E-state index contributed by atoms with van der Waals surface area (Å²) in [6.45, 7) is 18.6. The highest BCUT2D eigenvalue weighted by Gasteiger charge is 2.47. The minimum Gasteiger partial charge on any atom is -0.372 e. The average Bonchev–Trinajstić information content (AvgIpc) is 2.86. The average molecular weight is 279 g/mol. The maximum atomic E-state index is 4.60. The predicted molar refractivity (Wildman–Crippen MR) is 87.3 cm³/mol. The Kier molecular flexibility index (Phi) is 4.21. The van der Waals surface area contributed by atoms with Gasteiger partial charge in [-0.15, -0.1) is 0 Å². The molecule has 0 unspecified atom stereocenters. The van der Waals surface area contributed by atoms with Gasteiger partial charge >= 0.3 is 0 Å². The van der Waals surface area contributed by atoms with Crippen molar-refractivity contribution in [2.24, 2.45) is 16.3 Å². The highest BCUT2D eigenvalue weighted by Crippen LogP contribution is 2.44. The van der Waals surface area contributed by atoms with Crippen molar-refractivity contribution in [3.8, 4) is 0 Å². The second-order valence-electron chi connectivity index (χ2n) is 8.66. The van der Waals surface area contributed by atoms with Crippen LogP contribution in [0, 0.1) is 11.3 Å². The van der Waals surface area contributed by atoms with E-state index in [-0.39, 0.29) is 5.54 Å². The zero-order chi connectivity index (χ0) is 15.1. The lowest BCUT2D eigenvalue weighted by Gasteiger charge is -2.45. The molecule has 20 heavy (non-hydrogen) atoms. The zero-order valence-electron chi connectivity index (χ0n) is 14.5. The Morgan fingerprint density at radius 2 is 1.85 bits per heavy atom. The molecular formula is C17H33N3. The van der Waals surface area contributed by atoms with Crippen molar-refractivity contribution in [2.75, 3.05) is 13.1 Å². The third-order valence-corrected chi connectivity index (χ3v) is 4.96. The number of hydrogen-bond acceptors (Lipinski definition) is 3. The zero-order valence-corrected chi connectivity index (χ0v) is 14.5. The molecule has 1 fully saturated rings. The molecule has 2 aliphatic rings. The largest absolute Gasteiger partial charge is 0.372 e. The van der Waals surface area contributed by atoms with Gasteiger partial charge in [0.15, 0.2) is 0 Å². The third-order valence-electron chi connectivity index (χ3n) is 4.96. The molecule has 116 valence electrons. The molecule has 3 atom stereocenters. The summed E-state index contributed by atoms with van der Waals surface area (Å²) < 4.78 is 0. The highest BCUT2D eigenvalue weighted by molar-refractivity contribution is 5.83. The van der Waals surface area contributed by atoms with E-state index in [2.05, 4.69) is 63.7 Å². The van der Waals surface area contributed by atoms with E-state index in [1.807, 2.05) is 0 Å². The van der Waals surface area contributed by atoms with Crippen LogP contribution in [0.5, 0.6) is 0 Å². The Morgan fingerprint density at radius 3 is 2.25 bits per heavy atom. The highest BCUT2D eigenvalue weighted by atomic mass is 15.3. The first-order valence-corrected chi connectivity index (χ1v) is 8.16. The molecule has 0 spiro atoms. The van der Waals surface area contributed by atoms with E-state index >= 15 is 0 Å². The van der Waals surface area contributed by atoms with Gasteiger partial charge in [-0.05, 0) is 45.4 Å². The van der Waals surface area contributed by atoms with E-state index in [4.69, 9.17) is 0 Å². The Hall–Kier alpha value is -0.570. The van der Waals surface area contributed by atoms with Crippen molar-refractivity contribution >= 4 is 5.84 Å². The van der Waals surface area contributed by atoms with Crippen molar-refractivity contribution in [3.63, 3.8) is 0 Å². The topological polar surface area (TPSA) is 27.6 Å². The van der Waals surface area contributed by atoms with Gasteiger partial charge in [0.2, 0.25) is 0 Å². The molecule has 0 saturated carbocycles. The third kappa shape index (κ3) is 3.19. The summed E-state index contributed by atoms with van der Waals surface area (Å²) in [5.41, 5.74) is 0.568. The van der Waals surface area contributed by atoms with Crippen LogP contribution in [0.3, 0.4) is 0 Å². The minimum absolute atomic E-state index is 0.233. The molecule has 0 amide bonds. The van der Waals surface area contributed by atoms with Crippen LogP contribution in [0.15, 0.2) is 4.99 Å². The number of amidine groups is 1. The van der Waals surface area contributed by atoms with Crippen LogP contribution in [-0.4, -0.2) is 41.4 Å². The molecule has 0 aromatic rings. The van der Waals surface area contributed by atoms with Gasteiger partial charge in [-0.1, -0.05) is 20.8 Å². The van der Waals surface area contributed by atoms with Crippen LogP contribution in [0.25, 0.3) is 0 Å². The fourth-order valence-corrected chi connectivity index (χ4v) is 4.04. The molecule has 2 rings (SSSR count). The standard InChI is InChI=1S/C17H33N3/c1-12-13(11-15-18-8-9-19-15)10-14(16(2,3)4)20(12)17(5,6)7/h12-14H,8-11H2,1-7H3,(H,18,19)/t12-,13-,14+/m1/s1. The van der Waals surface area contributed by atoms with Crippen molar-refractivity contribution < 1.29 is 0 Å². The van der Waals surface area contributed by atoms with E-state index in [1.54, 1.807) is 0 Å². The monoisotopic (exact) mass is 279 g/mol. The van der Waals surface area contributed by atoms with Crippen LogP contribution in [0.1, 0.15) is 61.3 Å². The molecule has 2 heterocycles. The first-order chi connectivity index (χ1) is 9.10. The van der Waals surface area contributed by atoms with E-state index in [0.717, 1.165) is 25.4 Å². The summed E-state index contributed by atoms with van der Waals surface area (Å²) in [7, 11) is 0. The quantitative estimate of drug-likeness (QED) is 0.840. The maximum Gasteiger partial charge on any atom is 0.0967 e. The Labute approximate surface area is 125 Å². The lowest BCUT2D eigenvalue weighted by molar-refractivity contribution is 0.0279. The van der Waals surface area contributed by atoms with Crippen molar-refractivity contribution in [3.05, 3.63) is 0 Å². The fraction of sp³-hybridized carbons (Fsp3) is 0.941. The second kappa shape index (κ2) is 5.32. The minimum atomic E-state index is 0.233. The van der Waals surface area contributed by atoms with Gasteiger partial charge in [-0.2, -0.15) is 0 Å². The van der Waals surface area contributed by atoms with Gasteiger partial charge in [-0.25, -0.2) is 0 Å². The molecule has 1 N–H and O–H groups in total. The first kappa shape index (κ1) is 15.8. The number of nitrogens with zero attached hydrogens (tertiary/aromatic N) is 2. The van der Waals surface area contributed by atoms with Crippen molar-refractivity contribution in [2.45, 2.75) is 78.9 Å². The van der Waals surface area contributed by atoms with Crippen LogP contribution in [-0.2, 0) is 0 Å². The van der Waals surface area contributed by atoms with Crippen LogP contribution >= 0.6 is 0 Å². The molecule has 3 nitrogen and oxygen atoms in total. The Morgan fingerprint density at radius 1 is 1.20 bits per heavy atom. The van der Waals surface area contributed by atoms with Crippen LogP contribution < -0.4 is 5.32 Å². The van der Waals surface area contributed by atoms with E-state index < -0.39 is 0 Å². The van der Waals surface area contributed by atoms with Gasteiger partial charge in [0.1, 0.15) is 0 Å². The molecule has 2 aliphatic heterocycles. The number of aliphatic imine (C=N–C) groups is 1. The summed E-state index contributed by atoms with van der Waals surface area (Å²) in [6.07, 6.45) is 2.42. The number of hydrogen-bond donors (Lipinski definition) is 1. The van der Waals surface area contributed by atoms with Crippen LogP contribution in [0.2, 0.25) is 0 Å². The Bertz CT molecular complexity index is 373. The summed E-state index contributed by atoms with van der Waals surface area (Å²) in [6, 6.07) is 1.29. The summed E-state index contributed by atoms with van der Waals surface area (Å²) in [4.78, 5) is 7.35. The molecule has 3 heteroatoms. The van der Waals surface area contributed by atoms with Gasteiger partial charge in [0.05, 0.1) is 12.4 Å². The van der Waals surface area contributed by atoms with Crippen molar-refractivity contribution in [1.82, 2.24) is 10.2 Å². The molecular weight excluding hydrogens is 246 g/mol. The van der Waals surface area contributed by atoms with Gasteiger partial charge in [0.25, 0.3) is 0 Å². The van der Waals surface area contributed by atoms with Gasteiger partial charge in [0, 0.05) is 30.6 Å². The van der Waals surface area contributed by atoms with Gasteiger partial charge < -0.3 is 5.32 Å². The summed E-state index contributed by atoms with van der Waals surface area (Å²) in [5, 5.41) is 3.44. The second-order valence-corrected chi connectivity index (χ2v) is 8.66. The molecule has 0 radical (unpaired) electrons. The first-order valence-electron chi connectivity index (χ1n) is 8.16. The molecule has 1 saturated heterocycles. The summed E-state index contributed by atoms with van der Waals surface area (Å²) >= 11 is 0. The number of likely N-dealkylation sites (tertiary alicyclic amines) is 1. The summed E-state index contributed by atoms with van der Waals surface area (Å²) in [5.74, 6) is 1.97. The van der Waals surface area contributed by atoms with Crippen LogP contribution in [0.4, 0.5) is 0 Å². The SMILES string of the molecule is C[C@@H]1[C@@H](CC2=NCCN2)C[C@@H](C(C)(C)C)N1C(C)(C)C. The Balaban J connectivity index is 2.17. The molecule has 0 bridgehead atoms. The van der Waals surface area contributed by atoms with E-state index in [1.165, 1.54) is 12.3 Å². The molecule has 0 aliphatic carbocycles. The van der Waals surface area contributed by atoms with E-state index in [0.29, 0.717) is 17.5 Å². The molecule has 0 aromatic carbocycles. The number of nitrogens with one attached hydrogen (secondary N) is 1. The molecule has 0 aromatic heterocycles. The smallest absolute Gasteiger partial charge is 0.0967 e.